The second kappa shape index (κ2) is 5.39. The minimum Gasteiger partial charge on any atom is -0.307 e. The molecule has 3 heteroatoms. The van der Waals surface area contributed by atoms with Gasteiger partial charge in [0.25, 0.3) is 0 Å². The molecule has 1 aromatic heterocycles. The van der Waals surface area contributed by atoms with Gasteiger partial charge in [-0.3, -0.25) is 0 Å². The second-order valence-corrected chi connectivity index (χ2v) is 5.01. The Morgan fingerprint density at radius 2 is 1.94 bits per heavy atom. The topological polar surface area (TPSA) is 37.8 Å². The van der Waals surface area contributed by atoms with Crippen molar-refractivity contribution in [1.29, 1.82) is 0 Å². The lowest BCUT2D eigenvalue weighted by Gasteiger charge is -2.32. The summed E-state index contributed by atoms with van der Waals surface area (Å²) in [7, 11) is 0. The summed E-state index contributed by atoms with van der Waals surface area (Å²) in [6.07, 6.45) is 7.52. The minimum absolute atomic E-state index is 0.648. The largest absolute Gasteiger partial charge is 0.307 e. The van der Waals surface area contributed by atoms with Crippen LogP contribution in [0.15, 0.2) is 18.5 Å². The van der Waals surface area contributed by atoms with Crippen molar-refractivity contribution in [3.8, 4) is 0 Å². The molecule has 1 aromatic rings. The van der Waals surface area contributed by atoms with Crippen molar-refractivity contribution in [2.24, 2.45) is 11.8 Å². The summed E-state index contributed by atoms with van der Waals surface area (Å²) in [6.45, 7) is 5.52. The molecule has 0 bridgehead atoms. The highest BCUT2D eigenvalue weighted by Crippen LogP contribution is 2.29. The van der Waals surface area contributed by atoms with Crippen LogP contribution in [-0.2, 0) is 6.54 Å². The van der Waals surface area contributed by atoms with Crippen molar-refractivity contribution in [3.05, 3.63) is 24.3 Å². The van der Waals surface area contributed by atoms with E-state index in [1.54, 1.807) is 12.4 Å². The molecule has 0 spiro atoms. The smallest absolute Gasteiger partial charge is 0.141 e. The molecule has 1 fully saturated rings. The first-order valence-corrected chi connectivity index (χ1v) is 6.25. The molecule has 3 nitrogen and oxygen atoms in total. The summed E-state index contributed by atoms with van der Waals surface area (Å²) in [5, 5.41) is 3.56. The summed E-state index contributed by atoms with van der Waals surface area (Å²) in [6, 6.07) is 2.50. The van der Waals surface area contributed by atoms with Gasteiger partial charge in [-0.1, -0.05) is 13.8 Å². The fraction of sp³-hybridized carbons (Fsp3) is 0.692. The predicted molar refractivity (Wildman–Crippen MR) is 64.8 cm³/mol. The average Bonchev–Trinajstić information content (AvgIpc) is 2.32. The number of rotatable bonds is 3. The van der Waals surface area contributed by atoms with Crippen LogP contribution in [0.3, 0.4) is 0 Å². The van der Waals surface area contributed by atoms with E-state index in [1.807, 2.05) is 6.07 Å². The van der Waals surface area contributed by atoms with Crippen LogP contribution < -0.4 is 5.32 Å². The quantitative estimate of drug-likeness (QED) is 0.848. The summed E-state index contributed by atoms with van der Waals surface area (Å²) in [5.74, 6) is 2.61. The lowest BCUT2D eigenvalue weighted by Crippen LogP contribution is -2.36. The maximum absolute atomic E-state index is 4.22. The maximum atomic E-state index is 4.22. The Kier molecular flexibility index (Phi) is 3.88. The van der Waals surface area contributed by atoms with Crippen molar-refractivity contribution in [2.75, 3.05) is 0 Å². The van der Waals surface area contributed by atoms with E-state index < -0.39 is 0 Å². The molecular weight excluding hydrogens is 198 g/mol. The Hall–Kier alpha value is -0.960. The van der Waals surface area contributed by atoms with Crippen LogP contribution >= 0.6 is 0 Å². The van der Waals surface area contributed by atoms with Gasteiger partial charge < -0.3 is 5.32 Å². The average molecular weight is 219 g/mol. The molecule has 2 rings (SSSR count). The third-order valence-electron chi connectivity index (χ3n) is 3.77. The number of nitrogens with one attached hydrogen (secondary N) is 1. The predicted octanol–water partition coefficient (Wildman–Crippen LogP) is 2.39. The van der Waals surface area contributed by atoms with Crippen molar-refractivity contribution in [3.63, 3.8) is 0 Å². The van der Waals surface area contributed by atoms with Crippen LogP contribution in [0.4, 0.5) is 0 Å². The van der Waals surface area contributed by atoms with Gasteiger partial charge in [-0.2, -0.15) is 0 Å². The van der Waals surface area contributed by atoms with Crippen LogP contribution in [0.5, 0.6) is 0 Å². The van der Waals surface area contributed by atoms with E-state index in [-0.39, 0.29) is 0 Å². The van der Waals surface area contributed by atoms with Gasteiger partial charge in [0.15, 0.2) is 0 Å². The number of aromatic nitrogens is 2. The highest BCUT2D eigenvalue weighted by molar-refractivity contribution is 4.89. The van der Waals surface area contributed by atoms with E-state index in [0.717, 1.165) is 24.2 Å². The van der Waals surface area contributed by atoms with Gasteiger partial charge in [0, 0.05) is 18.4 Å². The molecule has 0 saturated heterocycles. The zero-order valence-electron chi connectivity index (χ0n) is 10.2. The highest BCUT2D eigenvalue weighted by Gasteiger charge is 2.23. The third kappa shape index (κ3) is 3.01. The Morgan fingerprint density at radius 1 is 1.19 bits per heavy atom. The first-order chi connectivity index (χ1) is 7.75. The first-order valence-electron chi connectivity index (χ1n) is 6.25. The molecule has 1 aliphatic rings. The minimum atomic E-state index is 0.648. The zero-order valence-corrected chi connectivity index (χ0v) is 10.2. The zero-order chi connectivity index (χ0) is 11.4. The van der Waals surface area contributed by atoms with Crippen molar-refractivity contribution in [1.82, 2.24) is 15.3 Å². The van der Waals surface area contributed by atoms with Gasteiger partial charge in [0.2, 0.25) is 0 Å². The van der Waals surface area contributed by atoms with Gasteiger partial charge in [-0.05, 0) is 37.2 Å². The number of nitrogens with zero attached hydrogens (tertiary/aromatic N) is 2. The first kappa shape index (κ1) is 11.5. The van der Waals surface area contributed by atoms with Crippen LogP contribution in [0, 0.1) is 11.8 Å². The summed E-state index contributed by atoms with van der Waals surface area (Å²) >= 11 is 0. The lowest BCUT2D eigenvalue weighted by atomic mass is 9.79. The normalized spacial score (nSPS) is 30.2. The molecular formula is C13H21N3. The van der Waals surface area contributed by atoms with E-state index in [2.05, 4.69) is 29.1 Å². The van der Waals surface area contributed by atoms with Gasteiger partial charge in [0.1, 0.15) is 5.82 Å². The van der Waals surface area contributed by atoms with E-state index >= 15 is 0 Å². The van der Waals surface area contributed by atoms with Crippen LogP contribution in [-0.4, -0.2) is 16.0 Å². The molecule has 88 valence electrons. The molecule has 1 aliphatic carbocycles. The number of hydrogen-bond donors (Lipinski definition) is 1. The number of hydrogen-bond acceptors (Lipinski definition) is 3. The summed E-state index contributed by atoms with van der Waals surface area (Å²) in [4.78, 5) is 8.45. The van der Waals surface area contributed by atoms with Crippen LogP contribution in [0.25, 0.3) is 0 Å². The molecule has 1 heterocycles. The van der Waals surface area contributed by atoms with Crippen molar-refractivity contribution >= 4 is 0 Å². The molecule has 3 atom stereocenters. The Bertz CT molecular complexity index is 312. The molecule has 1 saturated carbocycles. The second-order valence-electron chi connectivity index (χ2n) is 5.01. The van der Waals surface area contributed by atoms with Crippen molar-refractivity contribution < 1.29 is 0 Å². The summed E-state index contributed by atoms with van der Waals surface area (Å²) < 4.78 is 0. The Morgan fingerprint density at radius 3 is 2.62 bits per heavy atom. The molecule has 1 N–H and O–H groups in total. The molecule has 0 aliphatic heterocycles. The molecule has 0 amide bonds. The fourth-order valence-electron chi connectivity index (χ4n) is 2.39. The van der Waals surface area contributed by atoms with E-state index in [0.29, 0.717) is 6.04 Å². The maximum Gasteiger partial charge on any atom is 0.141 e. The van der Waals surface area contributed by atoms with Crippen LogP contribution in [0.1, 0.15) is 38.9 Å². The monoisotopic (exact) mass is 219 g/mol. The fourth-order valence-corrected chi connectivity index (χ4v) is 2.39. The van der Waals surface area contributed by atoms with Gasteiger partial charge in [-0.15, -0.1) is 0 Å². The highest BCUT2D eigenvalue weighted by atomic mass is 15.0. The molecule has 0 aromatic carbocycles. The van der Waals surface area contributed by atoms with Crippen molar-refractivity contribution in [2.45, 2.75) is 45.7 Å². The standard InChI is InChI=1S/C13H21N3/c1-10-4-5-12(8-11(10)2)16-9-13-14-6-3-7-15-13/h3,6-7,10-12,16H,4-5,8-9H2,1-2H3. The Balaban J connectivity index is 1.79. The Labute approximate surface area is 97.7 Å². The lowest BCUT2D eigenvalue weighted by molar-refractivity contribution is 0.225. The van der Waals surface area contributed by atoms with Gasteiger partial charge in [-0.25, -0.2) is 9.97 Å². The van der Waals surface area contributed by atoms with E-state index in [4.69, 9.17) is 0 Å². The van der Waals surface area contributed by atoms with Gasteiger partial charge in [0.05, 0.1) is 6.54 Å². The van der Waals surface area contributed by atoms with Crippen LogP contribution in [0.2, 0.25) is 0 Å². The SMILES string of the molecule is CC1CCC(NCc2ncccn2)CC1C. The van der Waals surface area contributed by atoms with E-state index in [9.17, 15) is 0 Å². The molecule has 0 radical (unpaired) electrons. The summed E-state index contributed by atoms with van der Waals surface area (Å²) in [5.41, 5.74) is 0. The van der Waals surface area contributed by atoms with Gasteiger partial charge >= 0.3 is 0 Å². The molecule has 3 unspecified atom stereocenters. The molecule has 16 heavy (non-hydrogen) atoms. The third-order valence-corrected chi connectivity index (χ3v) is 3.77. The van der Waals surface area contributed by atoms with E-state index in [1.165, 1.54) is 19.3 Å².